The second-order valence-corrected chi connectivity index (χ2v) is 6.92. The van der Waals surface area contributed by atoms with Gasteiger partial charge in [0.1, 0.15) is 0 Å². The zero-order valence-corrected chi connectivity index (χ0v) is 13.7. The number of nitrogens with zero attached hydrogens (tertiary/aromatic N) is 1. The van der Waals surface area contributed by atoms with E-state index in [0.29, 0.717) is 0 Å². The van der Waals surface area contributed by atoms with Crippen molar-refractivity contribution in [2.24, 2.45) is 5.92 Å². The van der Waals surface area contributed by atoms with E-state index < -0.39 is 0 Å². The average Bonchev–Trinajstić information content (AvgIpc) is 2.76. The topological polar surface area (TPSA) is 41.6 Å². The van der Waals surface area contributed by atoms with Gasteiger partial charge in [0.05, 0.1) is 18.1 Å². The van der Waals surface area contributed by atoms with Crippen molar-refractivity contribution in [2.75, 3.05) is 13.1 Å². The van der Waals surface area contributed by atoms with Crippen LogP contribution in [-0.4, -0.2) is 42.1 Å². The summed E-state index contributed by atoms with van der Waals surface area (Å²) in [7, 11) is 0. The molecule has 0 spiro atoms. The number of benzene rings is 1. The van der Waals surface area contributed by atoms with Gasteiger partial charge in [0.2, 0.25) is 5.91 Å². The zero-order valence-electron chi connectivity index (χ0n) is 13.7. The van der Waals surface area contributed by atoms with Gasteiger partial charge in [-0.1, -0.05) is 24.3 Å². The summed E-state index contributed by atoms with van der Waals surface area (Å²) in [4.78, 5) is 14.7. The van der Waals surface area contributed by atoms with E-state index >= 15 is 0 Å². The molecule has 120 valence electrons. The van der Waals surface area contributed by atoms with Crippen LogP contribution in [0.4, 0.5) is 0 Å². The number of hydrogen-bond donors (Lipinski definition) is 1. The minimum absolute atomic E-state index is 0.00858. The Bertz CT molecular complexity index is 544. The van der Waals surface area contributed by atoms with Crippen LogP contribution in [0.5, 0.6) is 0 Å². The van der Waals surface area contributed by atoms with E-state index in [9.17, 15) is 4.79 Å². The van der Waals surface area contributed by atoms with Crippen LogP contribution in [0.15, 0.2) is 24.3 Å². The van der Waals surface area contributed by atoms with Gasteiger partial charge < -0.3 is 10.1 Å². The Morgan fingerprint density at radius 1 is 1.36 bits per heavy atom. The minimum atomic E-state index is 0.00858. The predicted octanol–water partition coefficient (Wildman–Crippen LogP) is 2.11. The lowest BCUT2D eigenvalue weighted by Gasteiger charge is -2.33. The quantitative estimate of drug-likeness (QED) is 0.926. The predicted molar refractivity (Wildman–Crippen MR) is 86.5 cm³/mol. The van der Waals surface area contributed by atoms with Gasteiger partial charge in [-0.3, -0.25) is 9.69 Å². The summed E-state index contributed by atoms with van der Waals surface area (Å²) >= 11 is 0. The molecule has 0 aromatic heterocycles. The maximum atomic E-state index is 12.3. The largest absolute Gasteiger partial charge is 0.371 e. The van der Waals surface area contributed by atoms with Gasteiger partial charge in [0.25, 0.3) is 0 Å². The van der Waals surface area contributed by atoms with Crippen LogP contribution in [0.2, 0.25) is 0 Å². The normalized spacial score (nSPS) is 28.1. The van der Waals surface area contributed by atoms with Crippen LogP contribution in [0.25, 0.3) is 0 Å². The van der Waals surface area contributed by atoms with Gasteiger partial charge in [-0.25, -0.2) is 0 Å². The van der Waals surface area contributed by atoms with Crippen LogP contribution in [0, 0.1) is 12.8 Å². The monoisotopic (exact) mass is 302 g/mol. The summed E-state index contributed by atoms with van der Waals surface area (Å²) in [6.07, 6.45) is 1.10. The van der Waals surface area contributed by atoms with E-state index in [-0.39, 0.29) is 30.1 Å². The molecule has 2 saturated heterocycles. The number of nitrogens with one attached hydrogen (secondary N) is 1. The van der Waals surface area contributed by atoms with Crippen molar-refractivity contribution in [3.63, 3.8) is 0 Å². The molecule has 1 N–H and O–H groups in total. The summed E-state index contributed by atoms with van der Waals surface area (Å²) in [5.74, 6) is 0.162. The van der Waals surface area contributed by atoms with Gasteiger partial charge in [0, 0.05) is 25.7 Å². The molecule has 3 atom stereocenters. The lowest BCUT2D eigenvalue weighted by molar-refractivity contribution is -0.128. The number of aryl methyl sites for hydroxylation is 1. The first-order valence-corrected chi connectivity index (χ1v) is 8.25. The maximum absolute atomic E-state index is 12.3. The van der Waals surface area contributed by atoms with Gasteiger partial charge in [-0.2, -0.15) is 0 Å². The van der Waals surface area contributed by atoms with E-state index in [1.807, 2.05) is 13.8 Å². The Kier molecular flexibility index (Phi) is 4.50. The standard InChI is InChI=1S/C18H26N2O2/c1-12(2)19-18(21)16-8-15-10-20(11-17(16)22-15)9-14-7-5-4-6-13(14)3/h4-7,12,15-17H,8-11H2,1-3H3,(H,19,21)/t15-,16+,17-/m1/s1. The molecule has 1 amide bonds. The van der Waals surface area contributed by atoms with Crippen molar-refractivity contribution in [1.29, 1.82) is 0 Å². The van der Waals surface area contributed by atoms with Crippen molar-refractivity contribution in [3.8, 4) is 0 Å². The Morgan fingerprint density at radius 2 is 2.14 bits per heavy atom. The molecule has 2 heterocycles. The number of carbonyl (C=O) groups is 1. The molecule has 1 aromatic rings. The summed E-state index contributed by atoms with van der Waals surface area (Å²) in [6, 6.07) is 8.71. The number of amides is 1. The molecule has 3 rings (SSSR count). The number of carbonyl (C=O) groups excluding carboxylic acids is 1. The van der Waals surface area contributed by atoms with Crippen LogP contribution >= 0.6 is 0 Å². The van der Waals surface area contributed by atoms with Gasteiger partial charge in [0.15, 0.2) is 0 Å². The van der Waals surface area contributed by atoms with Gasteiger partial charge in [-0.15, -0.1) is 0 Å². The van der Waals surface area contributed by atoms with E-state index in [4.69, 9.17) is 4.74 Å². The number of ether oxygens (including phenoxy) is 1. The molecule has 2 aliphatic heterocycles. The highest BCUT2D eigenvalue weighted by molar-refractivity contribution is 5.80. The first kappa shape index (κ1) is 15.5. The van der Waals surface area contributed by atoms with Crippen molar-refractivity contribution in [1.82, 2.24) is 10.2 Å². The van der Waals surface area contributed by atoms with Crippen LogP contribution < -0.4 is 5.32 Å². The van der Waals surface area contributed by atoms with E-state index in [1.165, 1.54) is 11.1 Å². The third kappa shape index (κ3) is 3.33. The molecule has 0 radical (unpaired) electrons. The van der Waals surface area contributed by atoms with Gasteiger partial charge >= 0.3 is 0 Å². The number of morpholine rings is 1. The number of likely N-dealkylation sites (tertiary alicyclic amines) is 1. The SMILES string of the molecule is Cc1ccccc1CN1C[C@H]2C[C@H](C(=O)NC(C)C)[C@@H](C1)O2. The number of rotatable bonds is 4. The maximum Gasteiger partial charge on any atom is 0.226 e. The average molecular weight is 302 g/mol. The Hall–Kier alpha value is -1.39. The molecule has 2 fully saturated rings. The zero-order chi connectivity index (χ0) is 15.7. The molecule has 4 heteroatoms. The fourth-order valence-electron chi connectivity index (χ4n) is 3.56. The molecular formula is C18H26N2O2. The number of fused-ring (bicyclic) bond motifs is 2. The van der Waals surface area contributed by atoms with Crippen LogP contribution in [0.3, 0.4) is 0 Å². The highest BCUT2D eigenvalue weighted by Gasteiger charge is 2.44. The minimum Gasteiger partial charge on any atom is -0.371 e. The van der Waals surface area contributed by atoms with Crippen LogP contribution in [0.1, 0.15) is 31.4 Å². The molecule has 2 bridgehead atoms. The molecule has 4 nitrogen and oxygen atoms in total. The molecule has 0 aliphatic carbocycles. The summed E-state index contributed by atoms with van der Waals surface area (Å²) < 4.78 is 6.01. The van der Waals surface area contributed by atoms with Crippen molar-refractivity contribution in [3.05, 3.63) is 35.4 Å². The van der Waals surface area contributed by atoms with E-state index in [1.54, 1.807) is 0 Å². The van der Waals surface area contributed by atoms with Crippen molar-refractivity contribution < 1.29 is 9.53 Å². The van der Waals surface area contributed by atoms with Gasteiger partial charge in [-0.05, 0) is 38.3 Å². The third-order valence-corrected chi connectivity index (χ3v) is 4.66. The highest BCUT2D eigenvalue weighted by atomic mass is 16.5. The van der Waals surface area contributed by atoms with E-state index in [0.717, 1.165) is 26.1 Å². The first-order valence-electron chi connectivity index (χ1n) is 8.25. The molecule has 22 heavy (non-hydrogen) atoms. The Morgan fingerprint density at radius 3 is 2.86 bits per heavy atom. The lowest BCUT2D eigenvalue weighted by Crippen LogP contribution is -2.45. The second-order valence-electron chi connectivity index (χ2n) is 6.92. The fraction of sp³-hybridized carbons (Fsp3) is 0.611. The molecule has 0 saturated carbocycles. The fourth-order valence-corrected chi connectivity index (χ4v) is 3.56. The summed E-state index contributed by atoms with van der Waals surface area (Å²) in [5.41, 5.74) is 2.70. The molecule has 2 aliphatic rings. The first-order chi connectivity index (χ1) is 10.5. The summed E-state index contributed by atoms with van der Waals surface area (Å²) in [5, 5.41) is 3.03. The Balaban J connectivity index is 1.63. The third-order valence-electron chi connectivity index (χ3n) is 4.66. The van der Waals surface area contributed by atoms with Crippen molar-refractivity contribution in [2.45, 2.75) is 52.0 Å². The molecule has 1 aromatic carbocycles. The van der Waals surface area contributed by atoms with E-state index in [2.05, 4.69) is 41.4 Å². The molecular weight excluding hydrogens is 276 g/mol. The van der Waals surface area contributed by atoms with Crippen LogP contribution in [-0.2, 0) is 16.1 Å². The second kappa shape index (κ2) is 6.39. The highest BCUT2D eigenvalue weighted by Crippen LogP contribution is 2.33. The molecule has 0 unspecified atom stereocenters. The lowest BCUT2D eigenvalue weighted by atomic mass is 9.99. The van der Waals surface area contributed by atoms with Crippen molar-refractivity contribution >= 4 is 5.91 Å². The smallest absolute Gasteiger partial charge is 0.226 e. The number of hydrogen-bond acceptors (Lipinski definition) is 3. The Labute approximate surface area is 132 Å². The summed E-state index contributed by atoms with van der Waals surface area (Å²) in [6.45, 7) is 8.89.